The number of carbonyl (C=O) groups is 1. The Kier molecular flexibility index (Phi) is 10.1. The Morgan fingerprint density at radius 2 is 1.57 bits per heavy atom. The Morgan fingerprint density at radius 3 is 2.14 bits per heavy atom. The predicted molar refractivity (Wildman–Crippen MR) is 90.2 cm³/mol. The topological polar surface area (TPSA) is 30.0 Å². The molecule has 1 rings (SSSR count). The Balaban J connectivity index is 2.05. The van der Waals surface area contributed by atoms with E-state index in [1.54, 1.807) is 6.20 Å². The molecular weight excluding hydrogens is 282 g/mol. The van der Waals surface area contributed by atoms with Gasteiger partial charge in [-0.1, -0.05) is 76.3 Å². The second-order valence-corrected chi connectivity index (χ2v) is 6.10. The normalized spacial score (nSPS) is 10.8. The standard InChI is InChI=1S/C18H28ClNO/c1-2-3-4-5-6-7-8-9-10-11-12-16-13-14-20-17(15-21)18(16)19/h13-15H,2-12H2,1H3. The molecule has 0 N–H and O–H groups in total. The van der Waals surface area contributed by atoms with Gasteiger partial charge in [-0.05, 0) is 24.5 Å². The molecule has 0 aliphatic carbocycles. The molecular formula is C18H28ClNO. The van der Waals surface area contributed by atoms with E-state index >= 15 is 0 Å². The van der Waals surface area contributed by atoms with Crippen LogP contribution in [0.2, 0.25) is 5.02 Å². The van der Waals surface area contributed by atoms with Gasteiger partial charge in [0.15, 0.2) is 6.29 Å². The number of pyridine rings is 1. The third-order valence-electron chi connectivity index (χ3n) is 3.91. The van der Waals surface area contributed by atoms with Crippen LogP contribution in [-0.2, 0) is 6.42 Å². The fourth-order valence-corrected chi connectivity index (χ4v) is 2.83. The van der Waals surface area contributed by atoms with Crippen LogP contribution < -0.4 is 0 Å². The highest BCUT2D eigenvalue weighted by Gasteiger charge is 2.06. The van der Waals surface area contributed by atoms with E-state index in [9.17, 15) is 4.79 Å². The van der Waals surface area contributed by atoms with E-state index in [-0.39, 0.29) is 0 Å². The number of aldehydes is 1. The van der Waals surface area contributed by atoms with Crippen LogP contribution in [0.3, 0.4) is 0 Å². The van der Waals surface area contributed by atoms with Crippen molar-refractivity contribution in [3.05, 3.63) is 28.5 Å². The molecule has 1 aromatic heterocycles. The van der Waals surface area contributed by atoms with Gasteiger partial charge in [0.1, 0.15) is 5.69 Å². The average Bonchev–Trinajstić information content (AvgIpc) is 2.50. The summed E-state index contributed by atoms with van der Waals surface area (Å²) in [6, 6.07) is 1.92. The number of aryl methyl sites for hydroxylation is 1. The molecule has 2 nitrogen and oxygen atoms in total. The quantitative estimate of drug-likeness (QED) is 0.349. The predicted octanol–water partition coefficient (Wildman–Crippen LogP) is 6.01. The summed E-state index contributed by atoms with van der Waals surface area (Å²) in [5.74, 6) is 0. The molecule has 0 saturated carbocycles. The van der Waals surface area contributed by atoms with Crippen LogP contribution in [0.4, 0.5) is 0 Å². The highest BCUT2D eigenvalue weighted by atomic mass is 35.5. The number of unbranched alkanes of at least 4 members (excludes halogenated alkanes) is 9. The number of halogens is 1. The third-order valence-corrected chi connectivity index (χ3v) is 4.34. The van der Waals surface area contributed by atoms with E-state index in [4.69, 9.17) is 11.6 Å². The minimum atomic E-state index is 0.362. The molecule has 0 radical (unpaired) electrons. The lowest BCUT2D eigenvalue weighted by molar-refractivity contribution is 0.111. The van der Waals surface area contributed by atoms with Gasteiger partial charge >= 0.3 is 0 Å². The zero-order chi connectivity index (χ0) is 15.3. The minimum Gasteiger partial charge on any atom is -0.296 e. The first-order valence-corrected chi connectivity index (χ1v) is 8.76. The first-order valence-electron chi connectivity index (χ1n) is 8.38. The van der Waals surface area contributed by atoms with Crippen molar-refractivity contribution in [3.63, 3.8) is 0 Å². The molecule has 0 unspecified atom stereocenters. The van der Waals surface area contributed by atoms with E-state index in [2.05, 4.69) is 11.9 Å². The van der Waals surface area contributed by atoms with Gasteiger partial charge in [0.25, 0.3) is 0 Å². The zero-order valence-corrected chi connectivity index (χ0v) is 14.0. The first kappa shape index (κ1) is 18.2. The SMILES string of the molecule is CCCCCCCCCCCCc1ccnc(C=O)c1Cl. The van der Waals surface area contributed by atoms with E-state index in [0.717, 1.165) is 24.7 Å². The van der Waals surface area contributed by atoms with Crippen molar-refractivity contribution in [2.45, 2.75) is 77.6 Å². The Labute approximate surface area is 134 Å². The molecule has 21 heavy (non-hydrogen) atoms. The largest absolute Gasteiger partial charge is 0.296 e. The van der Waals surface area contributed by atoms with Crippen LogP contribution in [0.5, 0.6) is 0 Å². The number of rotatable bonds is 12. The molecule has 0 fully saturated rings. The van der Waals surface area contributed by atoms with Crippen LogP contribution in [-0.4, -0.2) is 11.3 Å². The zero-order valence-electron chi connectivity index (χ0n) is 13.2. The molecule has 0 saturated heterocycles. The summed E-state index contributed by atoms with van der Waals surface area (Å²) < 4.78 is 0. The van der Waals surface area contributed by atoms with Crippen molar-refractivity contribution in [2.24, 2.45) is 0 Å². The van der Waals surface area contributed by atoms with E-state index < -0.39 is 0 Å². The van der Waals surface area contributed by atoms with Gasteiger partial charge < -0.3 is 0 Å². The Morgan fingerprint density at radius 1 is 1.00 bits per heavy atom. The summed E-state index contributed by atoms with van der Waals surface area (Å²) in [5, 5.41) is 0.531. The molecule has 1 aromatic rings. The van der Waals surface area contributed by atoms with Crippen LogP contribution in [0.25, 0.3) is 0 Å². The second-order valence-electron chi connectivity index (χ2n) is 5.72. The molecule has 0 spiro atoms. The van der Waals surface area contributed by atoms with Gasteiger partial charge in [-0.3, -0.25) is 9.78 Å². The number of hydrogen-bond acceptors (Lipinski definition) is 2. The van der Waals surface area contributed by atoms with E-state index in [1.165, 1.54) is 57.8 Å². The number of carbonyl (C=O) groups excluding carboxylic acids is 1. The number of aromatic nitrogens is 1. The molecule has 0 aromatic carbocycles. The van der Waals surface area contributed by atoms with Gasteiger partial charge in [-0.15, -0.1) is 0 Å². The van der Waals surface area contributed by atoms with Gasteiger partial charge in [0, 0.05) is 6.20 Å². The Hall–Kier alpha value is -0.890. The van der Waals surface area contributed by atoms with Gasteiger partial charge in [-0.2, -0.15) is 0 Å². The summed E-state index contributed by atoms with van der Waals surface area (Å²) in [7, 11) is 0. The second kappa shape index (κ2) is 11.7. The molecule has 0 aliphatic rings. The van der Waals surface area contributed by atoms with E-state index in [0.29, 0.717) is 10.7 Å². The van der Waals surface area contributed by atoms with Gasteiger partial charge in [0.05, 0.1) is 5.02 Å². The summed E-state index contributed by atoms with van der Waals surface area (Å²) in [4.78, 5) is 14.7. The maximum Gasteiger partial charge on any atom is 0.169 e. The third kappa shape index (κ3) is 7.61. The molecule has 0 amide bonds. The summed E-state index contributed by atoms with van der Waals surface area (Å²) in [6.45, 7) is 2.26. The Bertz CT molecular complexity index is 406. The monoisotopic (exact) mass is 309 g/mol. The van der Waals surface area contributed by atoms with Crippen LogP contribution >= 0.6 is 11.6 Å². The van der Waals surface area contributed by atoms with E-state index in [1.807, 2.05) is 6.07 Å². The van der Waals surface area contributed by atoms with Gasteiger partial charge in [-0.25, -0.2) is 0 Å². The van der Waals surface area contributed by atoms with Crippen LogP contribution in [0.15, 0.2) is 12.3 Å². The lowest BCUT2D eigenvalue weighted by Crippen LogP contribution is -1.94. The molecule has 0 aliphatic heterocycles. The smallest absolute Gasteiger partial charge is 0.169 e. The maximum atomic E-state index is 10.8. The number of nitrogens with zero attached hydrogens (tertiary/aromatic N) is 1. The van der Waals surface area contributed by atoms with Crippen LogP contribution in [0, 0.1) is 0 Å². The molecule has 3 heteroatoms. The van der Waals surface area contributed by atoms with Crippen molar-refractivity contribution >= 4 is 17.9 Å². The summed E-state index contributed by atoms with van der Waals surface area (Å²) in [6.07, 6.45) is 16.6. The first-order chi connectivity index (χ1) is 10.3. The van der Waals surface area contributed by atoms with Gasteiger partial charge in [0.2, 0.25) is 0 Å². The highest BCUT2D eigenvalue weighted by molar-refractivity contribution is 6.33. The fourth-order valence-electron chi connectivity index (χ4n) is 2.58. The number of hydrogen-bond donors (Lipinski definition) is 0. The van der Waals surface area contributed by atoms with Crippen molar-refractivity contribution in [1.29, 1.82) is 0 Å². The maximum absolute atomic E-state index is 10.8. The average molecular weight is 310 g/mol. The summed E-state index contributed by atoms with van der Waals surface area (Å²) in [5.41, 5.74) is 1.41. The lowest BCUT2D eigenvalue weighted by atomic mass is 10.0. The van der Waals surface area contributed by atoms with Crippen molar-refractivity contribution in [2.75, 3.05) is 0 Å². The van der Waals surface area contributed by atoms with Crippen LogP contribution in [0.1, 0.15) is 87.2 Å². The molecule has 118 valence electrons. The minimum absolute atomic E-state index is 0.362. The molecule has 0 bridgehead atoms. The van der Waals surface area contributed by atoms with Crippen molar-refractivity contribution < 1.29 is 4.79 Å². The van der Waals surface area contributed by atoms with Crippen molar-refractivity contribution in [1.82, 2.24) is 4.98 Å². The fraction of sp³-hybridized carbons (Fsp3) is 0.667. The highest BCUT2D eigenvalue weighted by Crippen LogP contribution is 2.20. The van der Waals surface area contributed by atoms with Crippen molar-refractivity contribution in [3.8, 4) is 0 Å². The lowest BCUT2D eigenvalue weighted by Gasteiger charge is -2.05. The summed E-state index contributed by atoms with van der Waals surface area (Å²) >= 11 is 6.14. The molecule has 0 atom stereocenters. The molecule has 1 heterocycles.